The van der Waals surface area contributed by atoms with E-state index in [4.69, 9.17) is 0 Å². The zero-order valence-corrected chi connectivity index (χ0v) is 12.4. The molecular weight excluding hydrogens is 264 g/mol. The van der Waals surface area contributed by atoms with Crippen LogP contribution in [-0.2, 0) is 25.7 Å². The van der Waals surface area contributed by atoms with Crippen LogP contribution in [0.1, 0.15) is 44.5 Å². The summed E-state index contributed by atoms with van der Waals surface area (Å²) < 4.78 is 0. The first-order chi connectivity index (χ1) is 10.9. The molecule has 2 aromatic carbocycles. The number of benzene rings is 2. The van der Waals surface area contributed by atoms with Crippen LogP contribution in [0.2, 0.25) is 0 Å². The Morgan fingerprint density at radius 2 is 0.773 bits per heavy atom. The third kappa shape index (κ3) is 1.14. The van der Waals surface area contributed by atoms with E-state index in [1.807, 2.05) is 0 Å². The highest BCUT2D eigenvalue weighted by atomic mass is 14.3. The quantitative estimate of drug-likeness (QED) is 0.628. The molecular formula is C22H16. The SMILES string of the molecule is C1=Cc2c(c3c(c4c5c(c6c(c24)CC=C6)CC=C5)CC=C3)C1. The van der Waals surface area contributed by atoms with Crippen molar-refractivity contribution in [2.24, 2.45) is 0 Å². The van der Waals surface area contributed by atoms with E-state index >= 15 is 0 Å². The fourth-order valence-electron chi connectivity index (χ4n) is 4.93. The monoisotopic (exact) mass is 280 g/mol. The van der Waals surface area contributed by atoms with E-state index in [0.717, 1.165) is 25.7 Å². The molecule has 4 aliphatic carbocycles. The van der Waals surface area contributed by atoms with Crippen LogP contribution in [0, 0.1) is 0 Å². The molecule has 0 heterocycles. The van der Waals surface area contributed by atoms with E-state index in [1.54, 1.807) is 33.0 Å². The molecule has 2 aromatic rings. The third-order valence-corrected chi connectivity index (χ3v) is 5.77. The number of hydrogen-bond acceptors (Lipinski definition) is 0. The predicted molar refractivity (Wildman–Crippen MR) is 94.9 cm³/mol. The maximum absolute atomic E-state index is 2.37. The molecule has 0 N–H and O–H groups in total. The Balaban J connectivity index is 1.93. The summed E-state index contributed by atoms with van der Waals surface area (Å²) in [6, 6.07) is 0. The molecule has 0 amide bonds. The zero-order chi connectivity index (χ0) is 14.3. The van der Waals surface area contributed by atoms with E-state index in [1.165, 1.54) is 22.3 Å². The Hall–Kier alpha value is -2.34. The maximum atomic E-state index is 2.37. The van der Waals surface area contributed by atoms with Gasteiger partial charge in [-0.3, -0.25) is 0 Å². The van der Waals surface area contributed by atoms with Crippen LogP contribution in [-0.4, -0.2) is 0 Å². The van der Waals surface area contributed by atoms with Crippen molar-refractivity contribution in [1.82, 2.24) is 0 Å². The van der Waals surface area contributed by atoms with Gasteiger partial charge in [-0.2, -0.15) is 0 Å². The predicted octanol–water partition coefficient (Wildman–Crippen LogP) is 5.12. The van der Waals surface area contributed by atoms with Gasteiger partial charge in [0.2, 0.25) is 0 Å². The second kappa shape index (κ2) is 3.70. The van der Waals surface area contributed by atoms with Crippen LogP contribution in [0.25, 0.3) is 35.1 Å². The van der Waals surface area contributed by atoms with E-state index in [-0.39, 0.29) is 0 Å². The average Bonchev–Trinajstić information content (AvgIpc) is 3.28. The zero-order valence-electron chi connectivity index (χ0n) is 12.4. The van der Waals surface area contributed by atoms with E-state index in [0.29, 0.717) is 0 Å². The normalized spacial score (nSPS) is 18.4. The van der Waals surface area contributed by atoms with Gasteiger partial charge in [0, 0.05) is 0 Å². The van der Waals surface area contributed by atoms with Gasteiger partial charge >= 0.3 is 0 Å². The van der Waals surface area contributed by atoms with Crippen molar-refractivity contribution >= 4 is 35.1 Å². The molecule has 6 rings (SSSR count). The Morgan fingerprint density at radius 1 is 0.409 bits per heavy atom. The molecule has 0 fully saturated rings. The summed E-state index contributed by atoms with van der Waals surface area (Å²) in [6.07, 6.45) is 23.2. The Labute approximate surface area is 130 Å². The minimum absolute atomic E-state index is 1.10. The van der Waals surface area contributed by atoms with Gasteiger partial charge in [-0.25, -0.2) is 0 Å². The number of rotatable bonds is 0. The summed E-state index contributed by atoms with van der Waals surface area (Å²) in [5, 5.41) is 3.10. The largest absolute Gasteiger partial charge is 0.0795 e. The van der Waals surface area contributed by atoms with Gasteiger partial charge in [-0.05, 0) is 81.0 Å². The lowest BCUT2D eigenvalue weighted by molar-refractivity contribution is 1.23. The minimum Gasteiger partial charge on any atom is -0.0795 e. The smallest absolute Gasteiger partial charge is 0.00579 e. The number of hydrogen-bond donors (Lipinski definition) is 0. The van der Waals surface area contributed by atoms with Crippen molar-refractivity contribution in [2.75, 3.05) is 0 Å². The van der Waals surface area contributed by atoms with Gasteiger partial charge in [-0.15, -0.1) is 0 Å². The van der Waals surface area contributed by atoms with Gasteiger partial charge in [0.15, 0.2) is 0 Å². The molecule has 0 bridgehead atoms. The van der Waals surface area contributed by atoms with Crippen LogP contribution in [0.4, 0.5) is 0 Å². The second-order valence-corrected chi connectivity index (χ2v) is 6.74. The number of allylic oxidation sites excluding steroid dienone is 4. The molecule has 0 unspecified atom stereocenters. The number of fused-ring (bicyclic) bond motifs is 11. The highest BCUT2D eigenvalue weighted by molar-refractivity contribution is 6.08. The highest BCUT2D eigenvalue weighted by Crippen LogP contribution is 2.47. The Kier molecular flexibility index (Phi) is 1.89. The van der Waals surface area contributed by atoms with Gasteiger partial charge < -0.3 is 0 Å². The van der Waals surface area contributed by atoms with Crippen LogP contribution in [0.5, 0.6) is 0 Å². The summed E-state index contributed by atoms with van der Waals surface area (Å²) in [7, 11) is 0. The van der Waals surface area contributed by atoms with E-state index in [2.05, 4.69) is 48.6 Å². The molecule has 4 aliphatic rings. The van der Waals surface area contributed by atoms with Crippen LogP contribution < -0.4 is 0 Å². The van der Waals surface area contributed by atoms with Crippen molar-refractivity contribution in [2.45, 2.75) is 25.7 Å². The van der Waals surface area contributed by atoms with Crippen LogP contribution in [0.15, 0.2) is 24.3 Å². The third-order valence-electron chi connectivity index (χ3n) is 5.77. The molecule has 22 heavy (non-hydrogen) atoms. The lowest BCUT2D eigenvalue weighted by atomic mass is 9.83. The standard InChI is InChI=1S/C22H16/c1-5-13-14-6-2-10-18(14)22-20-12-4-8-16(20)15-7-3-11-19(15)21(22)17(13)9-1/h1-5,8,10-11H,6-7,9,12H2. The van der Waals surface area contributed by atoms with Gasteiger partial charge in [-0.1, -0.05) is 48.6 Å². The van der Waals surface area contributed by atoms with E-state index < -0.39 is 0 Å². The first kappa shape index (κ1) is 11.3. The molecule has 0 aromatic heterocycles. The van der Waals surface area contributed by atoms with Gasteiger partial charge in [0.05, 0.1) is 0 Å². The lowest BCUT2D eigenvalue weighted by Gasteiger charge is -2.20. The summed E-state index contributed by atoms with van der Waals surface area (Å²) in [4.78, 5) is 0. The van der Waals surface area contributed by atoms with E-state index in [9.17, 15) is 0 Å². The van der Waals surface area contributed by atoms with Crippen LogP contribution in [0.3, 0.4) is 0 Å². The van der Waals surface area contributed by atoms with Crippen molar-refractivity contribution in [1.29, 1.82) is 0 Å². The molecule has 0 aliphatic heterocycles. The van der Waals surface area contributed by atoms with Gasteiger partial charge in [0.25, 0.3) is 0 Å². The van der Waals surface area contributed by atoms with Crippen molar-refractivity contribution in [3.8, 4) is 0 Å². The average molecular weight is 280 g/mol. The molecule has 0 radical (unpaired) electrons. The molecule has 0 spiro atoms. The van der Waals surface area contributed by atoms with Gasteiger partial charge in [0.1, 0.15) is 0 Å². The lowest BCUT2D eigenvalue weighted by Crippen LogP contribution is -2.02. The Bertz CT molecular complexity index is 924. The summed E-state index contributed by atoms with van der Waals surface area (Å²) >= 11 is 0. The fraction of sp³-hybridized carbons (Fsp3) is 0.182. The second-order valence-electron chi connectivity index (χ2n) is 6.74. The first-order valence-corrected chi connectivity index (χ1v) is 8.29. The molecule has 0 atom stereocenters. The highest BCUT2D eigenvalue weighted by Gasteiger charge is 2.28. The molecule has 0 saturated heterocycles. The summed E-state index contributed by atoms with van der Waals surface area (Å²) in [5.74, 6) is 0. The fourth-order valence-corrected chi connectivity index (χ4v) is 4.93. The summed E-state index contributed by atoms with van der Waals surface area (Å²) in [6.45, 7) is 0. The topological polar surface area (TPSA) is 0 Å². The summed E-state index contributed by atoms with van der Waals surface area (Å²) in [5.41, 5.74) is 12.3. The molecule has 104 valence electrons. The molecule has 0 nitrogen and oxygen atoms in total. The maximum Gasteiger partial charge on any atom is -0.00579 e. The van der Waals surface area contributed by atoms with Crippen molar-refractivity contribution < 1.29 is 0 Å². The van der Waals surface area contributed by atoms with Crippen LogP contribution >= 0.6 is 0 Å². The van der Waals surface area contributed by atoms with Crippen molar-refractivity contribution in [3.05, 3.63) is 68.8 Å². The molecule has 0 heteroatoms. The molecule has 0 saturated carbocycles. The first-order valence-electron chi connectivity index (χ1n) is 8.29. The van der Waals surface area contributed by atoms with Crippen molar-refractivity contribution in [3.63, 3.8) is 0 Å². The Morgan fingerprint density at radius 3 is 1.23 bits per heavy atom. The minimum atomic E-state index is 1.10.